The molecular formula is C7H7LiTe. The first-order valence-electron chi connectivity index (χ1n) is 2.94. The van der Waals surface area contributed by atoms with Gasteiger partial charge in [0.2, 0.25) is 0 Å². The molecule has 9 heavy (non-hydrogen) atoms. The third-order valence-electron chi connectivity index (χ3n) is 1.31. The SMILES string of the molecule is [Li][Te]c1ccccc1C. The van der Waals surface area contributed by atoms with E-state index in [1.165, 1.54) is 5.56 Å². The fourth-order valence-electron chi connectivity index (χ4n) is 0.785. The van der Waals surface area contributed by atoms with Crippen molar-refractivity contribution in [2.24, 2.45) is 0 Å². The summed E-state index contributed by atoms with van der Waals surface area (Å²) in [4.78, 5) is 0. The quantitative estimate of drug-likeness (QED) is 0.608. The van der Waals surface area contributed by atoms with Crippen LogP contribution >= 0.6 is 0 Å². The monoisotopic (exact) mass is 228 g/mol. The second kappa shape index (κ2) is 3.70. The van der Waals surface area contributed by atoms with Gasteiger partial charge in [-0.3, -0.25) is 0 Å². The topological polar surface area (TPSA) is 0 Å². The van der Waals surface area contributed by atoms with E-state index in [1.54, 1.807) is 3.61 Å². The Morgan fingerprint density at radius 3 is 2.44 bits per heavy atom. The van der Waals surface area contributed by atoms with E-state index in [4.69, 9.17) is 0 Å². The van der Waals surface area contributed by atoms with Gasteiger partial charge < -0.3 is 0 Å². The van der Waals surface area contributed by atoms with Crippen LogP contribution in [0.3, 0.4) is 0 Å². The minimum atomic E-state index is 0.132. The fourth-order valence-corrected chi connectivity index (χ4v) is 2.51. The number of hydrogen-bond donors (Lipinski definition) is 0. The predicted molar refractivity (Wildman–Crippen MR) is 42.3 cm³/mol. The number of hydrogen-bond acceptors (Lipinski definition) is 0. The molecule has 0 saturated heterocycles. The van der Waals surface area contributed by atoms with E-state index in [0.29, 0.717) is 0 Å². The van der Waals surface area contributed by atoms with Crippen LogP contribution in [0.1, 0.15) is 5.56 Å². The van der Waals surface area contributed by atoms with Gasteiger partial charge >= 0.3 is 73.0 Å². The molecule has 0 heterocycles. The Morgan fingerprint density at radius 2 is 2.00 bits per heavy atom. The van der Waals surface area contributed by atoms with Crippen LogP contribution in [0.15, 0.2) is 24.3 Å². The van der Waals surface area contributed by atoms with E-state index >= 15 is 0 Å². The van der Waals surface area contributed by atoms with Crippen LogP contribution in [-0.2, 0) is 0 Å². The van der Waals surface area contributed by atoms with Gasteiger partial charge in [-0.1, -0.05) is 0 Å². The second-order valence-electron chi connectivity index (χ2n) is 1.97. The first-order chi connectivity index (χ1) is 4.34. The molecule has 0 nitrogen and oxygen atoms in total. The maximum absolute atomic E-state index is 2.31. The van der Waals surface area contributed by atoms with Gasteiger partial charge in [-0.05, 0) is 0 Å². The van der Waals surface area contributed by atoms with Gasteiger partial charge in [-0.25, -0.2) is 0 Å². The molecule has 0 spiro atoms. The van der Waals surface area contributed by atoms with E-state index < -0.39 is 0 Å². The van der Waals surface area contributed by atoms with Crippen LogP contribution in [0.4, 0.5) is 0 Å². The van der Waals surface area contributed by atoms with Crippen molar-refractivity contribution in [2.75, 3.05) is 0 Å². The Bertz CT molecular complexity index is 198. The molecule has 0 aromatic heterocycles. The maximum atomic E-state index is 2.31. The average Bonchev–Trinajstić information content (AvgIpc) is 1.89. The third kappa shape index (κ3) is 2.03. The molecule has 0 N–H and O–H groups in total. The molecule has 2 heteroatoms. The van der Waals surface area contributed by atoms with Gasteiger partial charge in [-0.2, -0.15) is 0 Å². The summed E-state index contributed by atoms with van der Waals surface area (Å²) in [6, 6.07) is 8.64. The van der Waals surface area contributed by atoms with Crippen molar-refractivity contribution in [3.8, 4) is 0 Å². The molecule has 0 radical (unpaired) electrons. The number of aryl methyl sites for hydroxylation is 1. The zero-order chi connectivity index (χ0) is 6.69. The van der Waals surface area contributed by atoms with Crippen molar-refractivity contribution >= 4 is 36.2 Å². The normalized spacial score (nSPS) is 9.67. The Kier molecular flexibility index (Phi) is 3.17. The van der Waals surface area contributed by atoms with Gasteiger partial charge in [-0.15, -0.1) is 0 Å². The van der Waals surface area contributed by atoms with Crippen LogP contribution in [0.5, 0.6) is 0 Å². The van der Waals surface area contributed by atoms with Crippen molar-refractivity contribution in [3.63, 3.8) is 0 Å². The first-order valence-corrected chi connectivity index (χ1v) is 6.44. The minimum absolute atomic E-state index is 0.132. The number of benzene rings is 1. The van der Waals surface area contributed by atoms with Crippen LogP contribution in [0, 0.1) is 6.92 Å². The molecule has 0 unspecified atom stereocenters. The van der Waals surface area contributed by atoms with Crippen molar-refractivity contribution in [3.05, 3.63) is 29.8 Å². The molecular weight excluding hydrogens is 219 g/mol. The van der Waals surface area contributed by atoms with Gasteiger partial charge in [0.15, 0.2) is 0 Å². The molecule has 0 aliphatic carbocycles. The summed E-state index contributed by atoms with van der Waals surface area (Å²) in [7, 11) is 0. The van der Waals surface area contributed by atoms with Gasteiger partial charge in [0.25, 0.3) is 0 Å². The van der Waals surface area contributed by atoms with Gasteiger partial charge in [0, 0.05) is 0 Å². The Labute approximate surface area is 72.6 Å². The molecule has 0 aliphatic heterocycles. The Balaban J connectivity index is 3.01. The summed E-state index contributed by atoms with van der Waals surface area (Å²) >= 11 is 2.44. The molecule has 0 atom stereocenters. The molecule has 1 aromatic rings. The van der Waals surface area contributed by atoms with Crippen molar-refractivity contribution in [2.45, 2.75) is 6.92 Å². The number of rotatable bonds is 1. The molecule has 1 aromatic carbocycles. The van der Waals surface area contributed by atoms with Crippen molar-refractivity contribution < 1.29 is 0 Å². The van der Waals surface area contributed by atoms with Gasteiger partial charge in [0.05, 0.1) is 0 Å². The fraction of sp³-hybridized carbons (Fsp3) is 0.143. The average molecular weight is 226 g/mol. The van der Waals surface area contributed by atoms with E-state index in [9.17, 15) is 0 Å². The summed E-state index contributed by atoms with van der Waals surface area (Å²) in [5.74, 6) is 0. The summed E-state index contributed by atoms with van der Waals surface area (Å²) in [6.45, 7) is 2.18. The Hall–Kier alpha value is 0.607. The standard InChI is InChI=1S/C7H8Te.Li/c1-6-4-2-3-5-7(6)8;/h2-5,8H,1H3;/q;+1/p-1. The predicted octanol–water partition coefficient (Wildman–Crippen LogP) is 0.408. The van der Waals surface area contributed by atoms with Crippen molar-refractivity contribution in [1.29, 1.82) is 0 Å². The molecule has 1 rings (SSSR count). The zero-order valence-electron chi connectivity index (χ0n) is 5.72. The van der Waals surface area contributed by atoms with Crippen LogP contribution in [-0.4, -0.2) is 32.6 Å². The van der Waals surface area contributed by atoms with E-state index in [1.807, 2.05) is 0 Å². The van der Waals surface area contributed by atoms with Crippen LogP contribution in [0.25, 0.3) is 0 Å². The summed E-state index contributed by atoms with van der Waals surface area (Å²) in [5.41, 5.74) is 1.46. The van der Waals surface area contributed by atoms with Crippen molar-refractivity contribution in [1.82, 2.24) is 0 Å². The van der Waals surface area contributed by atoms with Crippen LogP contribution in [0.2, 0.25) is 0 Å². The van der Waals surface area contributed by atoms with E-state index in [-0.39, 0.29) is 18.3 Å². The first kappa shape index (κ1) is 7.71. The molecule has 0 amide bonds. The second-order valence-corrected chi connectivity index (χ2v) is 4.39. The van der Waals surface area contributed by atoms with E-state index in [2.05, 4.69) is 45.5 Å². The van der Waals surface area contributed by atoms with E-state index in [0.717, 1.165) is 0 Å². The molecule has 0 aliphatic rings. The summed E-state index contributed by atoms with van der Waals surface area (Å²) in [6.07, 6.45) is 0. The molecule has 0 fully saturated rings. The summed E-state index contributed by atoms with van der Waals surface area (Å²) < 4.78 is 1.59. The van der Waals surface area contributed by atoms with Gasteiger partial charge in [0.1, 0.15) is 0 Å². The molecule has 0 saturated carbocycles. The Morgan fingerprint density at radius 1 is 1.33 bits per heavy atom. The van der Waals surface area contributed by atoms with Crippen LogP contribution < -0.4 is 3.61 Å². The zero-order valence-corrected chi connectivity index (χ0v) is 8.05. The molecule has 42 valence electrons. The molecule has 0 bridgehead atoms. The third-order valence-corrected chi connectivity index (χ3v) is 3.88. The summed E-state index contributed by atoms with van der Waals surface area (Å²) in [5, 5.41) is 0.